The van der Waals surface area contributed by atoms with Crippen LogP contribution in [0.15, 0.2) is 23.4 Å². The van der Waals surface area contributed by atoms with Crippen LogP contribution in [0.2, 0.25) is 0 Å². The van der Waals surface area contributed by atoms with Gasteiger partial charge >= 0.3 is 0 Å². The fourth-order valence-electron chi connectivity index (χ4n) is 1.16. The lowest BCUT2D eigenvalue weighted by Crippen LogP contribution is -2.08. The highest BCUT2D eigenvalue weighted by Gasteiger charge is 2.17. The predicted octanol–water partition coefficient (Wildman–Crippen LogP) is 0.915. The number of aromatic nitrogens is 1. The van der Waals surface area contributed by atoms with Gasteiger partial charge in [-0.1, -0.05) is 0 Å². The number of fused-ring (bicyclic) bond motifs is 1. The Balaban J connectivity index is 2.89. The van der Waals surface area contributed by atoms with Crippen LogP contribution in [-0.2, 0) is 9.84 Å². The zero-order valence-electron chi connectivity index (χ0n) is 6.94. The second kappa shape index (κ2) is 3.06. The first kappa shape index (κ1) is 9.14. The van der Waals surface area contributed by atoms with E-state index in [1.54, 1.807) is 12.3 Å². The number of pyridine rings is 1. The van der Waals surface area contributed by atoms with Gasteiger partial charge in [0.1, 0.15) is 0 Å². The molecule has 0 N–H and O–H groups in total. The first-order valence-corrected chi connectivity index (χ1v) is 9.75. The molecule has 1 aromatic rings. The third kappa shape index (κ3) is 1.62. The van der Waals surface area contributed by atoms with E-state index in [0.29, 0.717) is 4.90 Å². The van der Waals surface area contributed by atoms with Gasteiger partial charge in [0.2, 0.25) is 9.84 Å². The summed E-state index contributed by atoms with van der Waals surface area (Å²) in [5.74, 6) is 0. The van der Waals surface area contributed by atoms with Crippen molar-refractivity contribution < 1.29 is 8.42 Å². The molecule has 0 fully saturated rings. The Kier molecular flexibility index (Phi) is 2.15. The molecule has 0 bridgehead atoms. The minimum atomic E-state index is -3.14. The fourth-order valence-corrected chi connectivity index (χ4v) is 8.59. The van der Waals surface area contributed by atoms with Crippen LogP contribution in [-0.4, -0.2) is 25.7 Å². The minimum absolute atomic E-state index is 0.352. The SMILES string of the molecule is CI1=Cc2ccncc2S(=O)(=O)C=1. The third-order valence-electron chi connectivity index (χ3n) is 1.67. The maximum Gasteiger partial charge on any atom is 0.206 e. The summed E-state index contributed by atoms with van der Waals surface area (Å²) in [7, 11) is -3.14. The van der Waals surface area contributed by atoms with Crippen LogP contribution in [0.4, 0.5) is 0 Å². The molecule has 70 valence electrons. The van der Waals surface area contributed by atoms with Gasteiger partial charge < -0.3 is 0 Å². The molecule has 0 amide bonds. The number of hydrogen-bond donors (Lipinski definition) is 0. The van der Waals surface area contributed by atoms with E-state index in [2.05, 4.69) is 9.00 Å². The zero-order valence-corrected chi connectivity index (χ0v) is 9.91. The third-order valence-corrected chi connectivity index (χ3v) is 9.21. The van der Waals surface area contributed by atoms with Crippen molar-refractivity contribution in [2.75, 3.05) is 4.93 Å². The Morgan fingerprint density at radius 3 is 3.00 bits per heavy atom. The number of nitrogens with zero attached hydrogens (tertiary/aromatic N) is 1. The van der Waals surface area contributed by atoms with Gasteiger partial charge in [0, 0.05) is 18.0 Å². The second-order valence-electron chi connectivity index (χ2n) is 2.72. The maximum atomic E-state index is 11.6. The van der Waals surface area contributed by atoms with Gasteiger partial charge in [-0.3, -0.25) is 4.98 Å². The van der Waals surface area contributed by atoms with E-state index in [9.17, 15) is 8.42 Å². The summed E-state index contributed by atoms with van der Waals surface area (Å²) in [4.78, 5) is 6.17. The molecule has 2 heterocycles. The van der Waals surface area contributed by atoms with Crippen LogP contribution < -0.4 is 0 Å². The van der Waals surface area contributed by atoms with Crippen LogP contribution in [0.1, 0.15) is 5.56 Å². The van der Waals surface area contributed by atoms with Gasteiger partial charge in [-0.15, -0.1) is 18.9 Å². The van der Waals surface area contributed by atoms with E-state index in [1.165, 1.54) is 9.54 Å². The maximum absolute atomic E-state index is 11.6. The van der Waals surface area contributed by atoms with Crippen molar-refractivity contribution in [2.45, 2.75) is 4.90 Å². The molecule has 0 saturated heterocycles. The highest BCUT2D eigenvalue weighted by Crippen LogP contribution is 2.22. The first-order chi connectivity index (χ1) is 6.09. The Morgan fingerprint density at radius 2 is 2.23 bits per heavy atom. The second-order valence-corrected chi connectivity index (χ2v) is 9.79. The van der Waals surface area contributed by atoms with E-state index in [4.69, 9.17) is 0 Å². The molecule has 3 nitrogen and oxygen atoms in total. The van der Waals surface area contributed by atoms with Crippen LogP contribution in [0, 0.1) is 0 Å². The Labute approximate surface area is 83.1 Å². The molecule has 2 rings (SSSR count). The molecule has 0 saturated carbocycles. The summed E-state index contributed by atoms with van der Waals surface area (Å²) in [6.07, 6.45) is 3.04. The van der Waals surface area contributed by atoms with Crippen LogP contribution in [0.5, 0.6) is 0 Å². The van der Waals surface area contributed by atoms with Crippen molar-refractivity contribution >= 4 is 36.1 Å². The summed E-state index contributed by atoms with van der Waals surface area (Å²) in [6.45, 7) is 0. The lowest BCUT2D eigenvalue weighted by molar-refractivity contribution is 0.608. The van der Waals surface area contributed by atoms with Crippen molar-refractivity contribution in [3.05, 3.63) is 24.0 Å². The molecule has 1 aliphatic rings. The molecule has 0 aliphatic carbocycles. The lowest BCUT2D eigenvalue weighted by Gasteiger charge is -2.07. The number of halogens is 1. The molecule has 0 atom stereocenters. The fraction of sp³-hybridized carbons (Fsp3) is 0.125. The van der Waals surface area contributed by atoms with E-state index < -0.39 is 28.7 Å². The van der Waals surface area contributed by atoms with Gasteiger partial charge in [-0.2, -0.15) is 0 Å². The van der Waals surface area contributed by atoms with Crippen molar-refractivity contribution in [2.24, 2.45) is 0 Å². The van der Waals surface area contributed by atoms with E-state index in [1.807, 2.05) is 4.93 Å². The van der Waals surface area contributed by atoms with Gasteiger partial charge in [-0.05, 0) is 15.0 Å². The zero-order chi connectivity index (χ0) is 9.47. The van der Waals surface area contributed by atoms with Crippen molar-refractivity contribution in [1.29, 1.82) is 0 Å². The molecular formula is C8H8INO2S. The molecule has 1 aromatic heterocycles. The van der Waals surface area contributed by atoms with E-state index >= 15 is 0 Å². The number of hydrogen-bond acceptors (Lipinski definition) is 3. The summed E-state index contributed by atoms with van der Waals surface area (Å²) in [5.41, 5.74) is 0.824. The summed E-state index contributed by atoms with van der Waals surface area (Å²) in [5, 5.41) is 0. The summed E-state index contributed by atoms with van der Waals surface area (Å²) >= 11 is -1.49. The standard InChI is InChI=1S/C8H8INO2S/c1-9-4-7-2-3-10-5-8(7)13(11,12)6-9/h2-6H,1H3. The van der Waals surface area contributed by atoms with Gasteiger partial charge in [0.15, 0.2) is 0 Å². The summed E-state index contributed by atoms with van der Waals surface area (Å²) < 4.78 is 26.8. The highest BCUT2D eigenvalue weighted by atomic mass is 127. The minimum Gasteiger partial charge on any atom is -0.263 e. The lowest BCUT2D eigenvalue weighted by atomic mass is 10.3. The normalized spacial score (nSPS) is 19.8. The predicted molar refractivity (Wildman–Crippen MR) is 62.6 cm³/mol. The van der Waals surface area contributed by atoms with Crippen LogP contribution in [0.25, 0.3) is 0 Å². The Bertz CT molecular complexity index is 539. The summed E-state index contributed by atoms with van der Waals surface area (Å²) in [6, 6.07) is 1.76. The molecule has 1 aliphatic heterocycles. The molecule has 0 unspecified atom stereocenters. The first-order valence-electron chi connectivity index (χ1n) is 3.55. The van der Waals surface area contributed by atoms with Gasteiger partial charge in [-0.25, -0.2) is 8.42 Å². The highest BCUT2D eigenvalue weighted by molar-refractivity contribution is 14.2. The molecular weight excluding hydrogens is 301 g/mol. The average molecular weight is 309 g/mol. The van der Waals surface area contributed by atoms with Gasteiger partial charge in [0.25, 0.3) is 0 Å². The number of alkyl halides is 1. The Hall–Kier alpha value is -0.430. The number of rotatable bonds is 0. The van der Waals surface area contributed by atoms with Crippen LogP contribution in [0.3, 0.4) is 0 Å². The van der Waals surface area contributed by atoms with E-state index in [-0.39, 0.29) is 0 Å². The van der Waals surface area contributed by atoms with Crippen molar-refractivity contribution in [3.63, 3.8) is 0 Å². The van der Waals surface area contributed by atoms with Crippen molar-refractivity contribution in [1.82, 2.24) is 4.98 Å². The molecule has 5 heteroatoms. The number of sulfone groups is 1. The average Bonchev–Trinajstić information content (AvgIpc) is 2.02. The monoisotopic (exact) mass is 309 g/mol. The topological polar surface area (TPSA) is 47.0 Å². The van der Waals surface area contributed by atoms with Gasteiger partial charge in [0.05, 0.1) is 8.24 Å². The quantitative estimate of drug-likeness (QED) is 0.529. The molecule has 0 aromatic carbocycles. The largest absolute Gasteiger partial charge is 0.263 e. The molecule has 0 radical (unpaired) electrons. The smallest absolute Gasteiger partial charge is 0.206 e. The molecule has 13 heavy (non-hydrogen) atoms. The van der Waals surface area contributed by atoms with Crippen LogP contribution >= 0.6 is 18.9 Å². The Morgan fingerprint density at radius 1 is 1.46 bits per heavy atom. The van der Waals surface area contributed by atoms with E-state index in [0.717, 1.165) is 5.56 Å². The van der Waals surface area contributed by atoms with Crippen molar-refractivity contribution in [3.8, 4) is 0 Å². The molecule has 0 spiro atoms.